The molecule has 0 aliphatic heterocycles. The highest BCUT2D eigenvalue weighted by atomic mass is 19.1. The van der Waals surface area contributed by atoms with Crippen LogP contribution in [0.3, 0.4) is 0 Å². The van der Waals surface area contributed by atoms with Gasteiger partial charge in [0.15, 0.2) is 0 Å². The Morgan fingerprint density at radius 2 is 1.90 bits per heavy atom. The minimum atomic E-state index is -0.643. The number of benzene rings is 1. The van der Waals surface area contributed by atoms with Crippen molar-refractivity contribution in [2.24, 2.45) is 0 Å². The zero-order chi connectivity index (χ0) is 15.6. The summed E-state index contributed by atoms with van der Waals surface area (Å²) >= 11 is 0. The van der Waals surface area contributed by atoms with Gasteiger partial charge in [0, 0.05) is 31.1 Å². The molecule has 1 aromatic heterocycles. The van der Waals surface area contributed by atoms with Gasteiger partial charge < -0.3 is 4.90 Å². The van der Waals surface area contributed by atoms with E-state index in [1.54, 1.807) is 11.9 Å². The lowest BCUT2D eigenvalue weighted by Crippen LogP contribution is -2.30. The first kappa shape index (κ1) is 15.2. The highest BCUT2D eigenvalue weighted by molar-refractivity contribution is 5.32. The van der Waals surface area contributed by atoms with Crippen LogP contribution in [0.15, 0.2) is 29.1 Å². The molecular formula is C15H17F2N3O. The number of aromatic amines is 1. The molecule has 6 heteroatoms. The molecule has 0 saturated carbocycles. The van der Waals surface area contributed by atoms with E-state index < -0.39 is 11.6 Å². The average Bonchev–Trinajstić information content (AvgIpc) is 2.41. The van der Waals surface area contributed by atoms with Crippen molar-refractivity contribution in [2.45, 2.75) is 26.3 Å². The molecule has 0 aliphatic carbocycles. The molecule has 0 unspecified atom stereocenters. The molecule has 0 amide bonds. The molecule has 4 nitrogen and oxygen atoms in total. The summed E-state index contributed by atoms with van der Waals surface area (Å²) in [4.78, 5) is 20.4. The van der Waals surface area contributed by atoms with E-state index >= 15 is 0 Å². The first-order valence-electron chi connectivity index (χ1n) is 6.64. The topological polar surface area (TPSA) is 49.0 Å². The summed E-state index contributed by atoms with van der Waals surface area (Å²) < 4.78 is 27.3. The maximum Gasteiger partial charge on any atom is 0.252 e. The van der Waals surface area contributed by atoms with Crippen molar-refractivity contribution in [2.75, 3.05) is 11.9 Å². The lowest BCUT2D eigenvalue weighted by atomic mass is 10.1. The third kappa shape index (κ3) is 3.45. The predicted molar refractivity (Wildman–Crippen MR) is 77.6 cm³/mol. The molecule has 1 N–H and O–H groups in total. The zero-order valence-electron chi connectivity index (χ0n) is 12.2. The SMILES string of the molecule is CC(C)N(C)c1nc(Cc2c(F)cccc2F)cc(=O)[nH]1. The Morgan fingerprint density at radius 3 is 2.48 bits per heavy atom. The quantitative estimate of drug-likeness (QED) is 0.942. The van der Waals surface area contributed by atoms with Crippen molar-refractivity contribution < 1.29 is 8.78 Å². The third-order valence-corrected chi connectivity index (χ3v) is 3.31. The van der Waals surface area contributed by atoms with E-state index in [0.29, 0.717) is 11.6 Å². The van der Waals surface area contributed by atoms with Gasteiger partial charge in [-0.25, -0.2) is 13.8 Å². The van der Waals surface area contributed by atoms with Gasteiger partial charge in [-0.2, -0.15) is 0 Å². The number of rotatable bonds is 4. The van der Waals surface area contributed by atoms with Crippen LogP contribution in [0.5, 0.6) is 0 Å². The largest absolute Gasteiger partial charge is 0.343 e. The first-order valence-corrected chi connectivity index (χ1v) is 6.64. The fourth-order valence-corrected chi connectivity index (χ4v) is 1.88. The second-order valence-corrected chi connectivity index (χ2v) is 5.14. The maximum atomic E-state index is 13.7. The molecule has 0 spiro atoms. The number of nitrogens with zero attached hydrogens (tertiary/aromatic N) is 2. The van der Waals surface area contributed by atoms with Crippen LogP contribution in [0.25, 0.3) is 0 Å². The summed E-state index contributed by atoms with van der Waals surface area (Å²) in [5, 5.41) is 0. The first-order chi connectivity index (χ1) is 9.88. The number of hydrogen-bond donors (Lipinski definition) is 1. The smallest absolute Gasteiger partial charge is 0.252 e. The lowest BCUT2D eigenvalue weighted by Gasteiger charge is -2.22. The summed E-state index contributed by atoms with van der Waals surface area (Å²) in [6.45, 7) is 3.90. The fourth-order valence-electron chi connectivity index (χ4n) is 1.88. The summed E-state index contributed by atoms with van der Waals surface area (Å²) in [5.41, 5.74) is -0.113. The van der Waals surface area contributed by atoms with Crippen molar-refractivity contribution in [1.82, 2.24) is 9.97 Å². The van der Waals surface area contributed by atoms with Gasteiger partial charge in [-0.3, -0.25) is 9.78 Å². The molecule has 0 fully saturated rings. The Kier molecular flexibility index (Phi) is 4.35. The van der Waals surface area contributed by atoms with Gasteiger partial charge in [0.2, 0.25) is 5.95 Å². The van der Waals surface area contributed by atoms with Crippen LogP contribution in [-0.4, -0.2) is 23.1 Å². The van der Waals surface area contributed by atoms with Crippen LogP contribution in [0.2, 0.25) is 0 Å². The summed E-state index contributed by atoms with van der Waals surface area (Å²) in [6, 6.07) is 5.06. The van der Waals surface area contributed by atoms with E-state index in [2.05, 4.69) is 9.97 Å². The van der Waals surface area contributed by atoms with Crippen LogP contribution >= 0.6 is 0 Å². The number of anilines is 1. The number of aromatic nitrogens is 2. The van der Waals surface area contributed by atoms with Crippen molar-refractivity contribution in [3.63, 3.8) is 0 Å². The summed E-state index contributed by atoms with van der Waals surface area (Å²) in [6.07, 6.45) is -0.0681. The number of nitrogens with one attached hydrogen (secondary N) is 1. The summed E-state index contributed by atoms with van der Waals surface area (Å²) in [7, 11) is 1.79. The molecular weight excluding hydrogens is 276 g/mol. The molecule has 1 aromatic carbocycles. The monoisotopic (exact) mass is 293 g/mol. The molecule has 21 heavy (non-hydrogen) atoms. The van der Waals surface area contributed by atoms with Gasteiger partial charge in [-0.1, -0.05) is 6.07 Å². The van der Waals surface area contributed by atoms with Crippen molar-refractivity contribution in [1.29, 1.82) is 0 Å². The van der Waals surface area contributed by atoms with E-state index in [4.69, 9.17) is 0 Å². The van der Waals surface area contributed by atoms with Gasteiger partial charge in [-0.05, 0) is 26.0 Å². The predicted octanol–water partition coefficient (Wildman–Crippen LogP) is 2.48. The van der Waals surface area contributed by atoms with E-state index in [9.17, 15) is 13.6 Å². The van der Waals surface area contributed by atoms with Gasteiger partial charge in [0.1, 0.15) is 11.6 Å². The normalized spacial score (nSPS) is 11.0. The number of H-pyrrole nitrogens is 1. The molecule has 0 atom stereocenters. The molecule has 1 heterocycles. The van der Waals surface area contributed by atoms with Gasteiger partial charge in [-0.15, -0.1) is 0 Å². The average molecular weight is 293 g/mol. The number of halogens is 2. The molecule has 0 radical (unpaired) electrons. The Bertz CT molecular complexity index is 677. The Labute approximate surface area is 121 Å². The highest BCUT2D eigenvalue weighted by Crippen LogP contribution is 2.16. The molecule has 0 aliphatic rings. The van der Waals surface area contributed by atoms with Crippen LogP contribution in [-0.2, 0) is 6.42 Å². The van der Waals surface area contributed by atoms with Crippen molar-refractivity contribution >= 4 is 5.95 Å². The molecule has 112 valence electrons. The second-order valence-electron chi connectivity index (χ2n) is 5.14. The highest BCUT2D eigenvalue weighted by Gasteiger charge is 2.13. The maximum absolute atomic E-state index is 13.7. The van der Waals surface area contributed by atoms with Crippen LogP contribution in [0, 0.1) is 11.6 Å². The minimum absolute atomic E-state index is 0.0681. The van der Waals surface area contributed by atoms with Gasteiger partial charge >= 0.3 is 0 Å². The van der Waals surface area contributed by atoms with Gasteiger partial charge in [0.25, 0.3) is 5.56 Å². The second kappa shape index (κ2) is 6.03. The van der Waals surface area contributed by atoms with E-state index in [1.807, 2.05) is 13.8 Å². The van der Waals surface area contributed by atoms with Gasteiger partial charge in [0.05, 0.1) is 5.69 Å². The molecule has 0 saturated heterocycles. The van der Waals surface area contributed by atoms with Crippen LogP contribution in [0.1, 0.15) is 25.1 Å². The van der Waals surface area contributed by atoms with Crippen LogP contribution in [0.4, 0.5) is 14.7 Å². The molecule has 0 bridgehead atoms. The third-order valence-electron chi connectivity index (χ3n) is 3.31. The zero-order valence-corrected chi connectivity index (χ0v) is 12.2. The fraction of sp³-hybridized carbons (Fsp3) is 0.333. The van der Waals surface area contributed by atoms with Crippen LogP contribution < -0.4 is 10.5 Å². The molecule has 2 aromatic rings. The lowest BCUT2D eigenvalue weighted by molar-refractivity contribution is 0.560. The molecule has 2 rings (SSSR count). The van der Waals surface area contributed by atoms with Crippen molar-refractivity contribution in [3.8, 4) is 0 Å². The van der Waals surface area contributed by atoms with E-state index in [0.717, 1.165) is 0 Å². The Balaban J connectivity index is 2.39. The Hall–Kier alpha value is -2.24. The standard InChI is InChI=1S/C15H17F2N3O/c1-9(2)20(3)15-18-10(8-14(21)19-15)7-11-12(16)5-4-6-13(11)17/h4-6,8-9H,7H2,1-3H3,(H,18,19,21). The minimum Gasteiger partial charge on any atom is -0.343 e. The Morgan fingerprint density at radius 1 is 1.29 bits per heavy atom. The summed E-state index contributed by atoms with van der Waals surface area (Å²) in [5.74, 6) is -0.907. The number of hydrogen-bond acceptors (Lipinski definition) is 3. The van der Waals surface area contributed by atoms with Crippen molar-refractivity contribution in [3.05, 3.63) is 57.5 Å². The van der Waals surface area contributed by atoms with E-state index in [1.165, 1.54) is 24.3 Å². The van der Waals surface area contributed by atoms with E-state index in [-0.39, 0.29) is 23.6 Å².